The summed E-state index contributed by atoms with van der Waals surface area (Å²) in [5.74, 6) is 0. The van der Waals surface area contributed by atoms with Crippen LogP contribution in [0.5, 0.6) is 0 Å². The molecule has 88 valence electrons. The highest BCUT2D eigenvalue weighted by molar-refractivity contribution is 6.33. The molecule has 0 saturated carbocycles. The molecule has 16 heavy (non-hydrogen) atoms. The third-order valence-corrected chi connectivity index (χ3v) is 3.72. The van der Waals surface area contributed by atoms with E-state index < -0.39 is 0 Å². The van der Waals surface area contributed by atoms with Gasteiger partial charge in [0.1, 0.15) is 0 Å². The third kappa shape index (κ3) is 2.15. The number of aromatic nitrogens is 1. The van der Waals surface area contributed by atoms with E-state index in [1.807, 2.05) is 19.2 Å². The number of piperidine rings is 1. The zero-order valence-corrected chi connectivity index (χ0v) is 10.4. The normalized spacial score (nSPS) is 21.2. The lowest BCUT2D eigenvalue weighted by atomic mass is 10.0. The smallest absolute Gasteiger partial charge is 0.0851 e. The second kappa shape index (κ2) is 5.02. The Bertz CT molecular complexity index is 367. The van der Waals surface area contributed by atoms with Crippen molar-refractivity contribution in [1.82, 2.24) is 4.98 Å². The van der Waals surface area contributed by atoms with E-state index in [-0.39, 0.29) is 0 Å². The van der Waals surface area contributed by atoms with Crippen LogP contribution in [0.2, 0.25) is 5.02 Å². The highest BCUT2D eigenvalue weighted by Gasteiger charge is 2.23. The van der Waals surface area contributed by atoms with E-state index in [1.54, 1.807) is 0 Å². The highest BCUT2D eigenvalue weighted by atomic mass is 35.5. The Balaban J connectivity index is 2.30. The van der Waals surface area contributed by atoms with E-state index >= 15 is 0 Å². The van der Waals surface area contributed by atoms with Gasteiger partial charge in [-0.05, 0) is 32.3 Å². The lowest BCUT2D eigenvalue weighted by molar-refractivity contribution is 0.465. The number of halogens is 1. The molecule has 0 aromatic carbocycles. The van der Waals surface area contributed by atoms with Crippen LogP contribution in [0.3, 0.4) is 0 Å². The number of aryl methyl sites for hydroxylation is 1. The van der Waals surface area contributed by atoms with Crippen LogP contribution in [-0.2, 0) is 0 Å². The van der Waals surface area contributed by atoms with Crippen LogP contribution in [0.15, 0.2) is 12.3 Å². The standard InChI is InChI=1S/C12H18ClN3/c1-9-12(13)11(5-6-15-9)16-7-3-2-4-10(16)8-14/h5-6,10H,2-4,7-8,14H2,1H3. The fourth-order valence-corrected chi connectivity index (χ4v) is 2.54. The Morgan fingerprint density at radius 3 is 3.12 bits per heavy atom. The Labute approximate surface area is 102 Å². The number of hydrogen-bond acceptors (Lipinski definition) is 3. The van der Waals surface area contributed by atoms with Gasteiger partial charge in [0, 0.05) is 25.3 Å². The maximum absolute atomic E-state index is 6.30. The zero-order chi connectivity index (χ0) is 11.5. The lowest BCUT2D eigenvalue weighted by Gasteiger charge is -2.37. The van der Waals surface area contributed by atoms with Gasteiger partial charge in [0.05, 0.1) is 16.4 Å². The second-order valence-corrected chi connectivity index (χ2v) is 4.69. The van der Waals surface area contributed by atoms with Crippen molar-refractivity contribution in [1.29, 1.82) is 0 Å². The Morgan fingerprint density at radius 1 is 1.56 bits per heavy atom. The van der Waals surface area contributed by atoms with Crippen LogP contribution in [-0.4, -0.2) is 24.1 Å². The number of anilines is 1. The molecule has 1 aliphatic heterocycles. The van der Waals surface area contributed by atoms with Crippen LogP contribution in [0.4, 0.5) is 5.69 Å². The van der Waals surface area contributed by atoms with Gasteiger partial charge in [-0.15, -0.1) is 0 Å². The van der Waals surface area contributed by atoms with Gasteiger partial charge in [0.15, 0.2) is 0 Å². The number of pyridine rings is 1. The topological polar surface area (TPSA) is 42.2 Å². The Kier molecular flexibility index (Phi) is 3.66. The molecule has 0 bridgehead atoms. The van der Waals surface area contributed by atoms with E-state index in [2.05, 4.69) is 9.88 Å². The molecule has 1 saturated heterocycles. The molecular weight excluding hydrogens is 222 g/mol. The molecule has 1 unspecified atom stereocenters. The van der Waals surface area contributed by atoms with E-state index in [4.69, 9.17) is 17.3 Å². The number of hydrogen-bond donors (Lipinski definition) is 1. The Hall–Kier alpha value is -0.800. The average molecular weight is 240 g/mol. The summed E-state index contributed by atoms with van der Waals surface area (Å²) in [4.78, 5) is 6.53. The second-order valence-electron chi connectivity index (χ2n) is 4.31. The molecule has 0 radical (unpaired) electrons. The highest BCUT2D eigenvalue weighted by Crippen LogP contribution is 2.31. The van der Waals surface area contributed by atoms with Crippen molar-refractivity contribution in [2.24, 2.45) is 5.73 Å². The summed E-state index contributed by atoms with van der Waals surface area (Å²) < 4.78 is 0. The first-order valence-corrected chi connectivity index (χ1v) is 6.19. The van der Waals surface area contributed by atoms with Gasteiger partial charge >= 0.3 is 0 Å². The van der Waals surface area contributed by atoms with Crippen molar-refractivity contribution in [3.8, 4) is 0 Å². The summed E-state index contributed by atoms with van der Waals surface area (Å²) in [6.07, 6.45) is 5.46. The van der Waals surface area contributed by atoms with Gasteiger partial charge in [0.2, 0.25) is 0 Å². The van der Waals surface area contributed by atoms with Gasteiger partial charge in [-0.2, -0.15) is 0 Å². The van der Waals surface area contributed by atoms with Crippen molar-refractivity contribution in [2.45, 2.75) is 32.2 Å². The maximum Gasteiger partial charge on any atom is 0.0851 e. The minimum atomic E-state index is 0.424. The van der Waals surface area contributed by atoms with Crippen molar-refractivity contribution in [3.05, 3.63) is 23.0 Å². The summed E-state index contributed by atoms with van der Waals surface area (Å²) in [5, 5.41) is 0.767. The molecule has 1 aliphatic rings. The van der Waals surface area contributed by atoms with Crippen LogP contribution in [0.1, 0.15) is 25.0 Å². The van der Waals surface area contributed by atoms with Gasteiger partial charge in [-0.3, -0.25) is 4.98 Å². The van der Waals surface area contributed by atoms with Crippen LogP contribution in [0, 0.1) is 6.92 Å². The predicted octanol–water partition coefficient (Wildman–Crippen LogP) is 2.36. The summed E-state index contributed by atoms with van der Waals surface area (Å²) in [6, 6.07) is 2.41. The largest absolute Gasteiger partial charge is 0.366 e. The molecule has 1 atom stereocenters. The van der Waals surface area contributed by atoms with E-state index in [0.717, 1.165) is 29.4 Å². The lowest BCUT2D eigenvalue weighted by Crippen LogP contribution is -2.44. The fraction of sp³-hybridized carbons (Fsp3) is 0.583. The quantitative estimate of drug-likeness (QED) is 0.862. The molecule has 1 aromatic heterocycles. The van der Waals surface area contributed by atoms with Crippen molar-refractivity contribution in [2.75, 3.05) is 18.0 Å². The van der Waals surface area contributed by atoms with Gasteiger partial charge in [-0.1, -0.05) is 11.6 Å². The van der Waals surface area contributed by atoms with Gasteiger partial charge < -0.3 is 10.6 Å². The first-order chi connectivity index (χ1) is 7.74. The summed E-state index contributed by atoms with van der Waals surface area (Å²) in [5.41, 5.74) is 7.80. The minimum Gasteiger partial charge on any atom is -0.366 e. The summed E-state index contributed by atoms with van der Waals surface area (Å²) in [7, 11) is 0. The molecule has 1 aromatic rings. The molecular formula is C12H18ClN3. The maximum atomic E-state index is 6.30. The van der Waals surface area contributed by atoms with Crippen LogP contribution < -0.4 is 10.6 Å². The van der Waals surface area contributed by atoms with Gasteiger partial charge in [-0.25, -0.2) is 0 Å². The summed E-state index contributed by atoms with van der Waals surface area (Å²) in [6.45, 7) is 3.68. The molecule has 0 aliphatic carbocycles. The molecule has 1 fully saturated rings. The predicted molar refractivity (Wildman–Crippen MR) is 68.0 cm³/mol. The number of nitrogens with zero attached hydrogens (tertiary/aromatic N) is 2. The van der Waals surface area contributed by atoms with Crippen molar-refractivity contribution >= 4 is 17.3 Å². The monoisotopic (exact) mass is 239 g/mol. The van der Waals surface area contributed by atoms with Crippen LogP contribution in [0.25, 0.3) is 0 Å². The molecule has 0 amide bonds. The van der Waals surface area contributed by atoms with E-state index in [0.29, 0.717) is 12.6 Å². The molecule has 4 heteroatoms. The minimum absolute atomic E-state index is 0.424. The SMILES string of the molecule is Cc1nccc(N2CCCCC2CN)c1Cl. The third-order valence-electron chi connectivity index (χ3n) is 3.25. The van der Waals surface area contributed by atoms with Gasteiger partial charge in [0.25, 0.3) is 0 Å². The molecule has 2 heterocycles. The van der Waals surface area contributed by atoms with Crippen molar-refractivity contribution in [3.63, 3.8) is 0 Å². The average Bonchev–Trinajstić information content (AvgIpc) is 2.33. The Morgan fingerprint density at radius 2 is 2.38 bits per heavy atom. The molecule has 3 nitrogen and oxygen atoms in total. The molecule has 2 N–H and O–H groups in total. The molecule has 0 spiro atoms. The zero-order valence-electron chi connectivity index (χ0n) is 9.62. The first kappa shape index (κ1) is 11.7. The fourth-order valence-electron chi connectivity index (χ4n) is 2.32. The molecule has 2 rings (SSSR count). The van der Waals surface area contributed by atoms with Crippen LogP contribution >= 0.6 is 11.6 Å². The van der Waals surface area contributed by atoms with Crippen molar-refractivity contribution < 1.29 is 0 Å². The summed E-state index contributed by atoms with van der Waals surface area (Å²) >= 11 is 6.30. The number of rotatable bonds is 2. The van der Waals surface area contributed by atoms with E-state index in [9.17, 15) is 0 Å². The first-order valence-electron chi connectivity index (χ1n) is 5.82. The van der Waals surface area contributed by atoms with E-state index in [1.165, 1.54) is 12.8 Å². The number of nitrogens with two attached hydrogens (primary N) is 1.